The van der Waals surface area contributed by atoms with Crippen LogP contribution in [-0.2, 0) is 20.1 Å². The first kappa shape index (κ1) is 20.4. The number of pyridine rings is 1. The molecule has 2 aromatic carbocycles. The number of rotatable bonds is 5. The van der Waals surface area contributed by atoms with Gasteiger partial charge in [-0.1, -0.05) is 42.5 Å². The van der Waals surface area contributed by atoms with Crippen molar-refractivity contribution >= 4 is 22.6 Å². The molecule has 2 aromatic heterocycles. The predicted octanol–water partition coefficient (Wildman–Crippen LogP) is 4.35. The largest absolute Gasteiger partial charge is 0.309 e. The molecule has 0 aliphatic rings. The summed E-state index contributed by atoms with van der Waals surface area (Å²) in [4.78, 5) is 0. The Morgan fingerprint density at radius 1 is 0.806 bits per heavy atom. The normalized spacial score (nSPS) is 12.0. The molecule has 0 fully saturated rings. The molecule has 0 aliphatic heterocycles. The number of azo groups is 1. The molecule has 0 saturated carbocycles. The highest BCUT2D eigenvalue weighted by molar-refractivity contribution is 5.99. The fourth-order valence-corrected chi connectivity index (χ4v) is 3.49. The number of benzene rings is 2. The molecule has 0 saturated heterocycles. The zero-order valence-corrected chi connectivity index (χ0v) is 18.1. The second kappa shape index (κ2) is 9.30. The second-order valence-corrected chi connectivity index (χ2v) is 7.09. The summed E-state index contributed by atoms with van der Waals surface area (Å²) < 4.78 is 6.28. The van der Waals surface area contributed by atoms with E-state index in [0.717, 1.165) is 41.0 Å². The molecular weight excluding hydrogens is 386 g/mol. The summed E-state index contributed by atoms with van der Waals surface area (Å²) in [6, 6.07) is 21.9. The van der Waals surface area contributed by atoms with Crippen LogP contribution < -0.4 is 10.2 Å². The Bertz CT molecular complexity index is 1250. The first-order valence-electron chi connectivity index (χ1n) is 10.4. The quantitative estimate of drug-likeness (QED) is 0.154. The Labute approximate surface area is 181 Å². The Kier molecular flexibility index (Phi) is 6.12. The number of hydrogen-bond acceptors (Lipinski definition) is 3. The van der Waals surface area contributed by atoms with E-state index in [1.165, 1.54) is 0 Å². The first-order chi connectivity index (χ1) is 15.2. The van der Waals surface area contributed by atoms with Crippen LogP contribution in [0.2, 0.25) is 0 Å². The van der Waals surface area contributed by atoms with Crippen molar-refractivity contribution in [1.82, 2.24) is 9.13 Å². The average molecular weight is 413 g/mol. The fraction of sp³-hybridized carbons (Fsp3) is 0.208. The van der Waals surface area contributed by atoms with Gasteiger partial charge in [-0.05, 0) is 26.0 Å². The lowest BCUT2D eigenvalue weighted by atomic mass is 10.2. The molecule has 0 aliphatic carbocycles. The summed E-state index contributed by atoms with van der Waals surface area (Å²) >= 11 is 0. The second-order valence-electron chi connectivity index (χ2n) is 7.09. The topological polar surface area (TPSA) is 63.2 Å². The van der Waals surface area contributed by atoms with Crippen molar-refractivity contribution in [2.75, 3.05) is 0 Å². The van der Waals surface area contributed by atoms with Crippen molar-refractivity contribution in [2.24, 2.45) is 27.5 Å². The Morgan fingerprint density at radius 2 is 1.39 bits per heavy atom. The highest BCUT2D eigenvalue weighted by Crippen LogP contribution is 2.14. The van der Waals surface area contributed by atoms with Gasteiger partial charge in [0.15, 0.2) is 12.4 Å². The van der Waals surface area contributed by atoms with Crippen LogP contribution in [0, 0.1) is 0 Å². The molecular formula is C24H26N7+. The lowest BCUT2D eigenvalue weighted by Gasteiger charge is -2.01. The van der Waals surface area contributed by atoms with Gasteiger partial charge in [0, 0.05) is 30.8 Å². The summed E-state index contributed by atoms with van der Waals surface area (Å²) in [5.41, 5.74) is 4.69. The van der Waals surface area contributed by atoms with E-state index >= 15 is 0 Å². The van der Waals surface area contributed by atoms with Crippen molar-refractivity contribution < 1.29 is 4.57 Å². The molecule has 156 valence electrons. The molecule has 4 rings (SSSR count). The molecule has 0 radical (unpaired) electrons. The van der Waals surface area contributed by atoms with Gasteiger partial charge in [0.05, 0.1) is 16.7 Å². The molecule has 0 amide bonds. The van der Waals surface area contributed by atoms with E-state index < -0.39 is 0 Å². The van der Waals surface area contributed by atoms with E-state index in [-0.39, 0.29) is 0 Å². The van der Waals surface area contributed by atoms with Crippen LogP contribution in [0.5, 0.6) is 0 Å². The SMILES string of the molecule is CCn1c(=NN=C(N=Nc2cc[n+](C)cc2)c2ccccc2)n(CC)c2ccccc21. The number of aryl methyl sites for hydroxylation is 3. The van der Waals surface area contributed by atoms with Crippen molar-refractivity contribution in [3.05, 3.63) is 90.3 Å². The molecule has 31 heavy (non-hydrogen) atoms. The standard InChI is InChI=1S/C24H26N7/c1-4-30-21-13-9-10-14-22(21)31(5-2)24(30)28-27-23(19-11-7-6-8-12-19)26-25-20-15-17-29(3)18-16-20/h6-18H,4-5H2,1-3H3/q+1. The number of hydrogen-bond donors (Lipinski definition) is 0. The highest BCUT2D eigenvalue weighted by atomic mass is 15.3. The maximum absolute atomic E-state index is 4.64. The molecule has 0 spiro atoms. The maximum Gasteiger partial charge on any atom is 0.230 e. The van der Waals surface area contributed by atoms with Gasteiger partial charge in [-0.25, -0.2) is 4.57 Å². The highest BCUT2D eigenvalue weighted by Gasteiger charge is 2.09. The van der Waals surface area contributed by atoms with E-state index in [2.05, 4.69) is 55.5 Å². The molecule has 0 unspecified atom stereocenters. The van der Waals surface area contributed by atoms with Gasteiger partial charge in [0.25, 0.3) is 0 Å². The average Bonchev–Trinajstić information content (AvgIpc) is 3.13. The van der Waals surface area contributed by atoms with Gasteiger partial charge in [0.1, 0.15) is 7.05 Å². The lowest BCUT2D eigenvalue weighted by Crippen LogP contribution is -2.25. The van der Waals surface area contributed by atoms with Crippen LogP contribution in [0.1, 0.15) is 19.4 Å². The van der Waals surface area contributed by atoms with Gasteiger partial charge < -0.3 is 9.13 Å². The third kappa shape index (κ3) is 4.35. The van der Waals surface area contributed by atoms with Crippen LogP contribution in [0.15, 0.2) is 99.6 Å². The summed E-state index contributed by atoms with van der Waals surface area (Å²) in [7, 11) is 1.96. The minimum absolute atomic E-state index is 0.462. The third-order valence-electron chi connectivity index (χ3n) is 5.07. The number of fused-ring (bicyclic) bond motifs is 1. The molecule has 0 atom stereocenters. The van der Waals surface area contributed by atoms with E-state index in [9.17, 15) is 0 Å². The Balaban J connectivity index is 1.85. The first-order valence-corrected chi connectivity index (χ1v) is 10.4. The summed E-state index contributed by atoms with van der Waals surface area (Å²) in [6.07, 6.45) is 3.86. The van der Waals surface area contributed by atoms with E-state index in [1.54, 1.807) is 0 Å². The number of amidine groups is 1. The Morgan fingerprint density at radius 3 is 1.97 bits per heavy atom. The summed E-state index contributed by atoms with van der Waals surface area (Å²) in [6.45, 7) is 5.82. The van der Waals surface area contributed by atoms with Crippen LogP contribution in [-0.4, -0.2) is 15.0 Å². The van der Waals surface area contributed by atoms with E-state index in [0.29, 0.717) is 5.84 Å². The van der Waals surface area contributed by atoms with Crippen molar-refractivity contribution in [3.63, 3.8) is 0 Å². The fourth-order valence-electron chi connectivity index (χ4n) is 3.49. The van der Waals surface area contributed by atoms with Gasteiger partial charge in [-0.15, -0.1) is 20.4 Å². The molecule has 7 nitrogen and oxygen atoms in total. The van der Waals surface area contributed by atoms with Crippen LogP contribution in [0.3, 0.4) is 0 Å². The van der Waals surface area contributed by atoms with Crippen LogP contribution in [0.4, 0.5) is 5.69 Å². The zero-order chi connectivity index (χ0) is 21.6. The van der Waals surface area contributed by atoms with Crippen molar-refractivity contribution in [1.29, 1.82) is 0 Å². The number of aromatic nitrogens is 3. The zero-order valence-electron chi connectivity index (χ0n) is 18.1. The molecule has 0 N–H and O–H groups in total. The number of imidazole rings is 1. The minimum atomic E-state index is 0.462. The molecule has 0 bridgehead atoms. The number of nitrogens with zero attached hydrogens (tertiary/aromatic N) is 7. The summed E-state index contributed by atoms with van der Waals surface area (Å²) in [5, 5.41) is 18.0. The van der Waals surface area contributed by atoms with Gasteiger partial charge in [0.2, 0.25) is 11.5 Å². The van der Waals surface area contributed by atoms with Gasteiger partial charge >= 0.3 is 0 Å². The van der Waals surface area contributed by atoms with E-state index in [4.69, 9.17) is 0 Å². The maximum atomic E-state index is 4.64. The summed E-state index contributed by atoms with van der Waals surface area (Å²) in [5.74, 6) is 0.462. The van der Waals surface area contributed by atoms with Gasteiger partial charge in [-0.2, -0.15) is 0 Å². The molecule has 7 heteroatoms. The van der Waals surface area contributed by atoms with Crippen molar-refractivity contribution in [3.8, 4) is 0 Å². The van der Waals surface area contributed by atoms with Crippen LogP contribution in [0.25, 0.3) is 11.0 Å². The van der Waals surface area contributed by atoms with E-state index in [1.807, 2.05) is 78.6 Å². The van der Waals surface area contributed by atoms with Crippen molar-refractivity contribution in [2.45, 2.75) is 26.9 Å². The third-order valence-corrected chi connectivity index (χ3v) is 5.07. The molecule has 2 heterocycles. The predicted molar refractivity (Wildman–Crippen MR) is 122 cm³/mol. The Hall–Kier alpha value is -3.87. The lowest BCUT2D eigenvalue weighted by molar-refractivity contribution is -0.671. The monoisotopic (exact) mass is 412 g/mol. The van der Waals surface area contributed by atoms with Crippen LogP contribution >= 0.6 is 0 Å². The number of para-hydroxylation sites is 2. The smallest absolute Gasteiger partial charge is 0.230 e. The van der Waals surface area contributed by atoms with Gasteiger partial charge in [-0.3, -0.25) is 0 Å². The molecule has 4 aromatic rings. The minimum Gasteiger partial charge on any atom is -0.309 e.